The van der Waals surface area contributed by atoms with Crippen LogP contribution in [0, 0.1) is 0 Å². The molecule has 0 aliphatic carbocycles. The summed E-state index contributed by atoms with van der Waals surface area (Å²) in [4.78, 5) is 15.1. The lowest BCUT2D eigenvalue weighted by Crippen LogP contribution is -2.23. The third kappa shape index (κ3) is 4.40. The van der Waals surface area contributed by atoms with E-state index >= 15 is 0 Å². The zero-order chi connectivity index (χ0) is 16.1. The largest absolute Gasteiger partial charge is 0.479 e. The first kappa shape index (κ1) is 16.7. The average Bonchev–Trinajstić information content (AvgIpc) is 2.51. The number of carbonyl (C=O) groups is 1. The molecular weight excluding hydrogens is 353 g/mol. The molecule has 0 spiro atoms. The summed E-state index contributed by atoms with van der Waals surface area (Å²) in [6.45, 7) is 1.52. The summed E-state index contributed by atoms with van der Waals surface area (Å²) >= 11 is 16.7. The van der Waals surface area contributed by atoms with Crippen molar-refractivity contribution in [2.45, 2.75) is 13.0 Å². The molecule has 0 saturated heterocycles. The van der Waals surface area contributed by atoms with E-state index in [2.05, 4.69) is 9.27 Å². The molecule has 0 aliphatic heterocycles. The highest BCUT2D eigenvalue weighted by molar-refractivity contribution is 6.35. The van der Waals surface area contributed by atoms with Crippen molar-refractivity contribution in [1.82, 2.24) is 4.98 Å². The van der Waals surface area contributed by atoms with Crippen LogP contribution in [0.25, 0.3) is 0 Å². The van der Waals surface area contributed by atoms with Gasteiger partial charge in [0.25, 0.3) is 0 Å². The molecular formula is C14H10Cl3NO4. The average molecular weight is 363 g/mol. The number of ether oxygens (including phenoxy) is 2. The summed E-state index contributed by atoms with van der Waals surface area (Å²) in [5, 5.41) is 0.715. The van der Waals surface area contributed by atoms with Gasteiger partial charge in [-0.3, -0.25) is 0 Å². The van der Waals surface area contributed by atoms with E-state index in [-0.39, 0.29) is 5.88 Å². The maximum absolute atomic E-state index is 11.2. The van der Waals surface area contributed by atoms with Gasteiger partial charge < -0.3 is 13.8 Å². The van der Waals surface area contributed by atoms with Crippen molar-refractivity contribution in [3.63, 3.8) is 0 Å². The second-order valence-corrected chi connectivity index (χ2v) is 5.17. The predicted molar refractivity (Wildman–Crippen MR) is 82.8 cm³/mol. The molecule has 0 bridgehead atoms. The molecule has 1 unspecified atom stereocenters. The van der Waals surface area contributed by atoms with E-state index in [0.29, 0.717) is 21.5 Å². The van der Waals surface area contributed by atoms with Crippen LogP contribution in [0.5, 0.6) is 17.4 Å². The van der Waals surface area contributed by atoms with Crippen molar-refractivity contribution < 1.29 is 18.6 Å². The van der Waals surface area contributed by atoms with Crippen LogP contribution in [0.4, 0.5) is 0 Å². The molecule has 1 aromatic heterocycles. The van der Waals surface area contributed by atoms with Gasteiger partial charge in [-0.1, -0.05) is 23.2 Å². The van der Waals surface area contributed by atoms with Crippen LogP contribution in [-0.2, 0) is 9.08 Å². The summed E-state index contributed by atoms with van der Waals surface area (Å²) in [6, 6.07) is 8.05. The highest BCUT2D eigenvalue weighted by Gasteiger charge is 2.16. The fourth-order valence-electron chi connectivity index (χ4n) is 1.49. The Bertz CT molecular complexity index is 664. The van der Waals surface area contributed by atoms with Gasteiger partial charge in [0.15, 0.2) is 6.10 Å². The first-order valence-corrected chi connectivity index (χ1v) is 7.14. The molecule has 0 aliphatic rings. The Kier molecular flexibility index (Phi) is 5.71. The van der Waals surface area contributed by atoms with E-state index in [1.54, 1.807) is 24.3 Å². The number of pyridine rings is 1. The molecule has 8 heteroatoms. The van der Waals surface area contributed by atoms with Crippen LogP contribution in [-0.4, -0.2) is 17.1 Å². The van der Waals surface area contributed by atoms with Crippen molar-refractivity contribution in [2.24, 2.45) is 0 Å². The van der Waals surface area contributed by atoms with Gasteiger partial charge in [0, 0.05) is 6.20 Å². The van der Waals surface area contributed by atoms with Crippen LogP contribution in [0.15, 0.2) is 36.5 Å². The van der Waals surface area contributed by atoms with E-state index in [9.17, 15) is 4.79 Å². The molecule has 0 fully saturated rings. The van der Waals surface area contributed by atoms with Crippen molar-refractivity contribution >= 4 is 41.0 Å². The number of hydrogen-bond donors (Lipinski definition) is 0. The topological polar surface area (TPSA) is 57.7 Å². The Hall–Kier alpha value is -1.69. The molecule has 116 valence electrons. The van der Waals surface area contributed by atoms with E-state index in [1.807, 2.05) is 0 Å². The standard InChI is InChI=1S/C14H10Cl3NO4/c1-8(14(19)22-17)20-10-2-4-11(5-3-10)21-13-12(16)6-9(15)7-18-13/h2-8H,1H3. The quantitative estimate of drug-likeness (QED) is 0.775. The third-order valence-electron chi connectivity index (χ3n) is 2.53. The number of aromatic nitrogens is 1. The number of halogens is 3. The summed E-state index contributed by atoms with van der Waals surface area (Å²) in [7, 11) is 0. The maximum Gasteiger partial charge on any atom is 0.365 e. The smallest absolute Gasteiger partial charge is 0.365 e. The van der Waals surface area contributed by atoms with Gasteiger partial charge in [-0.15, -0.1) is 0 Å². The number of rotatable bonds is 5. The Morgan fingerprint density at radius 1 is 1.18 bits per heavy atom. The first-order chi connectivity index (χ1) is 10.5. The van der Waals surface area contributed by atoms with Crippen molar-refractivity contribution in [3.8, 4) is 17.4 Å². The minimum Gasteiger partial charge on any atom is -0.479 e. The number of hydrogen-bond acceptors (Lipinski definition) is 5. The monoisotopic (exact) mass is 361 g/mol. The molecule has 1 aromatic carbocycles. The van der Waals surface area contributed by atoms with Gasteiger partial charge in [-0.2, -0.15) is 0 Å². The minimum absolute atomic E-state index is 0.235. The second-order valence-electron chi connectivity index (χ2n) is 4.17. The Morgan fingerprint density at radius 3 is 2.41 bits per heavy atom. The first-order valence-electron chi connectivity index (χ1n) is 6.07. The van der Waals surface area contributed by atoms with Crippen molar-refractivity contribution in [1.29, 1.82) is 0 Å². The van der Waals surface area contributed by atoms with E-state index < -0.39 is 12.1 Å². The number of nitrogens with zero attached hydrogens (tertiary/aromatic N) is 1. The normalized spacial score (nSPS) is 11.6. The Balaban J connectivity index is 2.04. The lowest BCUT2D eigenvalue weighted by atomic mass is 10.3. The van der Waals surface area contributed by atoms with Gasteiger partial charge in [0.05, 0.1) is 5.02 Å². The molecule has 5 nitrogen and oxygen atoms in total. The fraction of sp³-hybridized carbons (Fsp3) is 0.143. The number of carbonyl (C=O) groups excluding carboxylic acids is 1. The molecule has 0 N–H and O–H groups in total. The highest BCUT2D eigenvalue weighted by atomic mass is 35.5. The fourth-order valence-corrected chi connectivity index (χ4v) is 2.03. The van der Waals surface area contributed by atoms with Crippen LogP contribution in [0.3, 0.4) is 0 Å². The minimum atomic E-state index is -0.823. The maximum atomic E-state index is 11.2. The molecule has 2 rings (SSSR count). The second kappa shape index (κ2) is 7.54. The van der Waals surface area contributed by atoms with E-state index in [1.165, 1.54) is 19.2 Å². The molecule has 1 atom stereocenters. The summed E-state index contributed by atoms with van der Waals surface area (Å²) in [5.74, 6) is 0.506. The van der Waals surface area contributed by atoms with Gasteiger partial charge in [0.1, 0.15) is 28.4 Å². The predicted octanol–water partition coefficient (Wildman–Crippen LogP) is 4.65. The Labute approximate surface area is 141 Å². The van der Waals surface area contributed by atoms with Gasteiger partial charge in [0.2, 0.25) is 5.88 Å². The lowest BCUT2D eigenvalue weighted by Gasteiger charge is -2.12. The Morgan fingerprint density at radius 2 is 1.82 bits per heavy atom. The summed E-state index contributed by atoms with van der Waals surface area (Å²) < 4.78 is 14.9. The van der Waals surface area contributed by atoms with Crippen LogP contribution < -0.4 is 9.47 Å². The summed E-state index contributed by atoms with van der Waals surface area (Å²) in [6.07, 6.45) is 0.608. The zero-order valence-corrected chi connectivity index (χ0v) is 13.5. The van der Waals surface area contributed by atoms with Crippen LogP contribution >= 0.6 is 35.1 Å². The van der Waals surface area contributed by atoms with Crippen LogP contribution in [0.2, 0.25) is 10.0 Å². The van der Waals surface area contributed by atoms with E-state index in [0.717, 1.165) is 0 Å². The molecule has 1 heterocycles. The molecule has 2 aromatic rings. The molecule has 0 radical (unpaired) electrons. The SMILES string of the molecule is CC(Oc1ccc(Oc2ncc(Cl)cc2Cl)cc1)C(=O)OCl. The summed E-state index contributed by atoms with van der Waals surface area (Å²) in [5.41, 5.74) is 0. The highest BCUT2D eigenvalue weighted by Crippen LogP contribution is 2.30. The molecule has 22 heavy (non-hydrogen) atoms. The zero-order valence-electron chi connectivity index (χ0n) is 11.3. The van der Waals surface area contributed by atoms with Gasteiger partial charge in [-0.05, 0) is 37.3 Å². The molecule has 0 saturated carbocycles. The van der Waals surface area contributed by atoms with Gasteiger partial charge in [-0.25, -0.2) is 9.78 Å². The van der Waals surface area contributed by atoms with Gasteiger partial charge >= 0.3 is 5.97 Å². The van der Waals surface area contributed by atoms with E-state index in [4.69, 9.17) is 44.5 Å². The van der Waals surface area contributed by atoms with Crippen molar-refractivity contribution in [3.05, 3.63) is 46.6 Å². The number of benzene rings is 1. The lowest BCUT2D eigenvalue weighted by molar-refractivity contribution is -0.140. The van der Waals surface area contributed by atoms with Crippen LogP contribution in [0.1, 0.15) is 6.92 Å². The molecule has 0 amide bonds. The third-order valence-corrected chi connectivity index (χ3v) is 3.16. The van der Waals surface area contributed by atoms with Crippen molar-refractivity contribution in [2.75, 3.05) is 0 Å².